The summed E-state index contributed by atoms with van der Waals surface area (Å²) in [5.74, 6) is 0.318. The SMILES string of the molecule is COc1ccc(C(O)CN(C)C(=O)C(Cc2ccccn2)c2ccccc2)cc1. The van der Waals surface area contributed by atoms with E-state index in [0.717, 1.165) is 22.6 Å². The highest BCUT2D eigenvalue weighted by Crippen LogP contribution is 2.24. The van der Waals surface area contributed by atoms with E-state index in [1.165, 1.54) is 0 Å². The molecule has 0 saturated carbocycles. The van der Waals surface area contributed by atoms with E-state index in [-0.39, 0.29) is 18.4 Å². The fraction of sp³-hybridized carbons (Fsp3) is 0.250. The number of aliphatic hydroxyl groups is 1. The van der Waals surface area contributed by atoms with Gasteiger partial charge in [0, 0.05) is 25.4 Å². The van der Waals surface area contributed by atoms with E-state index >= 15 is 0 Å². The maximum absolute atomic E-state index is 13.3. The summed E-state index contributed by atoms with van der Waals surface area (Å²) in [5.41, 5.74) is 2.54. The van der Waals surface area contributed by atoms with Crippen molar-refractivity contribution in [3.8, 4) is 5.75 Å². The van der Waals surface area contributed by atoms with Crippen LogP contribution in [0.25, 0.3) is 0 Å². The molecule has 0 radical (unpaired) electrons. The van der Waals surface area contributed by atoms with Crippen molar-refractivity contribution in [1.82, 2.24) is 9.88 Å². The average Bonchev–Trinajstić information content (AvgIpc) is 2.78. The zero-order chi connectivity index (χ0) is 20.6. The molecule has 0 saturated heterocycles. The third-order valence-corrected chi connectivity index (χ3v) is 4.96. The Hall–Kier alpha value is -3.18. The van der Waals surface area contributed by atoms with Crippen LogP contribution in [0.4, 0.5) is 0 Å². The summed E-state index contributed by atoms with van der Waals surface area (Å²) >= 11 is 0. The first kappa shape index (κ1) is 20.6. The first-order valence-electron chi connectivity index (χ1n) is 9.60. The highest BCUT2D eigenvalue weighted by Gasteiger charge is 2.26. The molecule has 5 heteroatoms. The van der Waals surface area contributed by atoms with Crippen LogP contribution in [0.15, 0.2) is 79.0 Å². The van der Waals surface area contributed by atoms with Gasteiger partial charge in [-0.25, -0.2) is 0 Å². The van der Waals surface area contributed by atoms with Gasteiger partial charge in [-0.05, 0) is 35.4 Å². The summed E-state index contributed by atoms with van der Waals surface area (Å²) in [6.07, 6.45) is 1.47. The first-order valence-corrected chi connectivity index (χ1v) is 9.60. The van der Waals surface area contributed by atoms with Gasteiger partial charge >= 0.3 is 0 Å². The molecular weight excluding hydrogens is 364 g/mol. The second-order valence-corrected chi connectivity index (χ2v) is 7.00. The van der Waals surface area contributed by atoms with Crippen LogP contribution in [0.3, 0.4) is 0 Å². The zero-order valence-electron chi connectivity index (χ0n) is 16.7. The molecule has 1 N–H and O–H groups in total. The average molecular weight is 390 g/mol. The fourth-order valence-corrected chi connectivity index (χ4v) is 3.31. The molecule has 5 nitrogen and oxygen atoms in total. The van der Waals surface area contributed by atoms with Crippen molar-refractivity contribution in [3.63, 3.8) is 0 Å². The number of aromatic nitrogens is 1. The van der Waals surface area contributed by atoms with Gasteiger partial charge in [0.15, 0.2) is 0 Å². The van der Waals surface area contributed by atoms with E-state index in [0.29, 0.717) is 6.42 Å². The molecule has 0 aliphatic carbocycles. The molecule has 0 aliphatic heterocycles. The predicted molar refractivity (Wildman–Crippen MR) is 113 cm³/mol. The van der Waals surface area contributed by atoms with Crippen molar-refractivity contribution >= 4 is 5.91 Å². The monoisotopic (exact) mass is 390 g/mol. The molecule has 0 spiro atoms. The lowest BCUT2D eigenvalue weighted by Crippen LogP contribution is -2.35. The quantitative estimate of drug-likeness (QED) is 0.638. The summed E-state index contributed by atoms with van der Waals surface area (Å²) in [5, 5.41) is 10.6. The topological polar surface area (TPSA) is 62.7 Å². The molecule has 0 bridgehead atoms. The third-order valence-electron chi connectivity index (χ3n) is 4.96. The predicted octanol–water partition coefficient (Wildman–Crippen LogP) is 3.61. The highest BCUT2D eigenvalue weighted by molar-refractivity contribution is 5.84. The molecule has 150 valence electrons. The van der Waals surface area contributed by atoms with E-state index in [2.05, 4.69) is 4.98 Å². The first-order chi connectivity index (χ1) is 14.1. The van der Waals surface area contributed by atoms with Gasteiger partial charge in [-0.15, -0.1) is 0 Å². The molecule has 29 heavy (non-hydrogen) atoms. The van der Waals surface area contributed by atoms with Gasteiger partial charge in [-0.2, -0.15) is 0 Å². The largest absolute Gasteiger partial charge is 0.497 e. The van der Waals surface area contributed by atoms with E-state index in [4.69, 9.17) is 4.74 Å². The van der Waals surface area contributed by atoms with E-state index in [9.17, 15) is 9.90 Å². The Balaban J connectivity index is 1.75. The molecule has 3 aromatic rings. The van der Waals surface area contributed by atoms with Gasteiger partial charge in [-0.1, -0.05) is 48.5 Å². The lowest BCUT2D eigenvalue weighted by molar-refractivity contribution is -0.132. The smallest absolute Gasteiger partial charge is 0.230 e. The van der Waals surface area contributed by atoms with Crippen LogP contribution in [0.2, 0.25) is 0 Å². The standard InChI is InChI=1S/C24H26N2O3/c1-26(17-23(27)19-11-13-21(29-2)14-12-19)24(28)22(18-8-4-3-5-9-18)16-20-10-6-7-15-25-20/h3-15,22-23,27H,16-17H2,1-2H3. The minimum Gasteiger partial charge on any atom is -0.497 e. The molecule has 2 unspecified atom stereocenters. The Bertz CT molecular complexity index is 898. The summed E-state index contributed by atoms with van der Waals surface area (Å²) in [4.78, 5) is 19.3. The summed E-state index contributed by atoms with van der Waals surface area (Å²) in [7, 11) is 3.33. The molecule has 1 amide bonds. The van der Waals surface area contributed by atoms with Crippen LogP contribution in [0.1, 0.15) is 28.8 Å². The Morgan fingerprint density at radius 2 is 1.69 bits per heavy atom. The maximum Gasteiger partial charge on any atom is 0.230 e. The van der Waals surface area contributed by atoms with Crippen molar-refractivity contribution in [1.29, 1.82) is 0 Å². The minimum atomic E-state index is -0.777. The number of carbonyl (C=O) groups is 1. The van der Waals surface area contributed by atoms with Crippen molar-refractivity contribution in [2.75, 3.05) is 20.7 Å². The van der Waals surface area contributed by atoms with E-state index < -0.39 is 6.10 Å². The number of likely N-dealkylation sites (N-methyl/N-ethyl adjacent to an activating group) is 1. The van der Waals surface area contributed by atoms with Crippen LogP contribution in [0, 0.1) is 0 Å². The number of hydrogen-bond donors (Lipinski definition) is 1. The second kappa shape index (κ2) is 9.85. The Kier molecular flexibility index (Phi) is 6.98. The third kappa shape index (κ3) is 5.42. The fourth-order valence-electron chi connectivity index (χ4n) is 3.31. The number of carbonyl (C=O) groups excluding carboxylic acids is 1. The number of benzene rings is 2. The summed E-state index contributed by atoms with van der Waals surface area (Å²) in [6.45, 7) is 0.205. The molecule has 0 fully saturated rings. The van der Waals surface area contributed by atoms with Gasteiger partial charge in [-0.3, -0.25) is 9.78 Å². The number of nitrogens with zero attached hydrogens (tertiary/aromatic N) is 2. The molecule has 2 aromatic carbocycles. The summed E-state index contributed by atoms with van der Waals surface area (Å²) in [6, 6.07) is 22.6. The molecule has 1 heterocycles. The zero-order valence-corrected chi connectivity index (χ0v) is 16.7. The molecule has 3 rings (SSSR count). The van der Waals surface area contributed by atoms with Crippen LogP contribution in [-0.2, 0) is 11.2 Å². The van der Waals surface area contributed by atoms with Crippen molar-refractivity contribution in [2.24, 2.45) is 0 Å². The van der Waals surface area contributed by atoms with Gasteiger partial charge in [0.25, 0.3) is 0 Å². The number of hydrogen-bond acceptors (Lipinski definition) is 4. The minimum absolute atomic E-state index is 0.0468. The van der Waals surface area contributed by atoms with Gasteiger partial charge in [0.1, 0.15) is 5.75 Å². The van der Waals surface area contributed by atoms with Crippen LogP contribution in [-0.4, -0.2) is 41.6 Å². The second-order valence-electron chi connectivity index (χ2n) is 7.00. The number of rotatable bonds is 8. The van der Waals surface area contributed by atoms with E-state index in [1.807, 2.05) is 60.7 Å². The summed E-state index contributed by atoms with van der Waals surface area (Å²) < 4.78 is 5.15. The highest BCUT2D eigenvalue weighted by atomic mass is 16.5. The number of methoxy groups -OCH3 is 1. The number of pyridine rings is 1. The van der Waals surface area contributed by atoms with Crippen LogP contribution < -0.4 is 4.74 Å². The van der Waals surface area contributed by atoms with E-state index in [1.54, 1.807) is 37.4 Å². The van der Waals surface area contributed by atoms with Crippen LogP contribution >= 0.6 is 0 Å². The number of ether oxygens (including phenoxy) is 1. The molecule has 0 aliphatic rings. The lowest BCUT2D eigenvalue weighted by atomic mass is 9.92. The van der Waals surface area contributed by atoms with Crippen molar-refractivity contribution in [2.45, 2.75) is 18.4 Å². The Labute approximate surface area is 171 Å². The molecule has 1 aromatic heterocycles. The normalized spacial score (nSPS) is 12.8. The van der Waals surface area contributed by atoms with Crippen molar-refractivity contribution < 1.29 is 14.6 Å². The number of aliphatic hydroxyl groups excluding tert-OH is 1. The maximum atomic E-state index is 13.3. The molecule has 2 atom stereocenters. The van der Waals surface area contributed by atoms with Gasteiger partial charge in [0.2, 0.25) is 5.91 Å². The van der Waals surface area contributed by atoms with Crippen molar-refractivity contribution in [3.05, 3.63) is 95.8 Å². The van der Waals surface area contributed by atoms with Gasteiger partial charge in [0.05, 0.1) is 25.7 Å². The van der Waals surface area contributed by atoms with Gasteiger partial charge < -0.3 is 14.7 Å². The Morgan fingerprint density at radius 1 is 1.00 bits per heavy atom. The lowest BCUT2D eigenvalue weighted by Gasteiger charge is -2.26. The van der Waals surface area contributed by atoms with Crippen LogP contribution in [0.5, 0.6) is 5.75 Å². The molecular formula is C24H26N2O3. The number of amides is 1. The Morgan fingerprint density at radius 3 is 2.31 bits per heavy atom.